The smallest absolute Gasteiger partial charge is 0.306 e. The number of rotatable bonds is 4. The molecule has 0 heterocycles. The highest BCUT2D eigenvalue weighted by Gasteiger charge is 2.30. The Balaban J connectivity index is 1.87. The highest BCUT2D eigenvalue weighted by molar-refractivity contribution is 9.10. The van der Waals surface area contributed by atoms with E-state index < -0.39 is 5.97 Å². The minimum absolute atomic E-state index is 0.0316. The molecule has 1 aliphatic carbocycles. The molecular weight excluding hydrogens is 322 g/mol. The zero-order valence-corrected chi connectivity index (χ0v) is 12.7. The molecule has 1 saturated carbocycles. The van der Waals surface area contributed by atoms with Crippen molar-refractivity contribution in [2.45, 2.75) is 32.2 Å². The largest absolute Gasteiger partial charge is 0.481 e. The third kappa shape index (κ3) is 4.07. The molecule has 1 aromatic carbocycles. The van der Waals surface area contributed by atoms with Crippen LogP contribution < -0.4 is 5.32 Å². The Morgan fingerprint density at radius 1 is 1.30 bits per heavy atom. The first-order valence-electron chi connectivity index (χ1n) is 6.81. The molecule has 2 N–H and O–H groups in total. The van der Waals surface area contributed by atoms with E-state index in [9.17, 15) is 9.59 Å². The number of carboxylic acids is 1. The number of carbonyl (C=O) groups excluding carboxylic acids is 1. The molecule has 0 bridgehead atoms. The van der Waals surface area contributed by atoms with Crippen LogP contribution in [0.4, 0.5) is 0 Å². The van der Waals surface area contributed by atoms with Gasteiger partial charge in [0.1, 0.15) is 0 Å². The van der Waals surface area contributed by atoms with Crippen LogP contribution in [0.25, 0.3) is 0 Å². The van der Waals surface area contributed by atoms with Gasteiger partial charge in [-0.1, -0.05) is 34.5 Å². The van der Waals surface area contributed by atoms with Gasteiger partial charge in [0.15, 0.2) is 0 Å². The van der Waals surface area contributed by atoms with E-state index in [-0.39, 0.29) is 17.7 Å². The fourth-order valence-electron chi connectivity index (χ4n) is 2.63. The summed E-state index contributed by atoms with van der Waals surface area (Å²) < 4.78 is 0.979. The quantitative estimate of drug-likeness (QED) is 0.886. The molecule has 2 rings (SSSR count). The van der Waals surface area contributed by atoms with Crippen molar-refractivity contribution in [3.05, 3.63) is 34.3 Å². The predicted octanol–water partition coefficient (Wildman–Crippen LogP) is 2.96. The minimum Gasteiger partial charge on any atom is -0.481 e. The Kier molecular flexibility index (Phi) is 5.17. The monoisotopic (exact) mass is 339 g/mol. The van der Waals surface area contributed by atoms with Gasteiger partial charge in [-0.3, -0.25) is 9.59 Å². The first-order valence-corrected chi connectivity index (χ1v) is 7.60. The summed E-state index contributed by atoms with van der Waals surface area (Å²) in [6, 6.07) is 7.77. The number of aliphatic carboxylic acids is 1. The van der Waals surface area contributed by atoms with Crippen molar-refractivity contribution in [1.29, 1.82) is 0 Å². The number of carboxylic acid groups (broad SMARTS) is 1. The maximum atomic E-state index is 12.1. The van der Waals surface area contributed by atoms with Crippen molar-refractivity contribution in [2.24, 2.45) is 11.8 Å². The van der Waals surface area contributed by atoms with Gasteiger partial charge in [0.25, 0.3) is 0 Å². The molecule has 5 heteroatoms. The molecule has 2 atom stereocenters. The summed E-state index contributed by atoms with van der Waals surface area (Å²) >= 11 is 3.39. The van der Waals surface area contributed by atoms with Crippen molar-refractivity contribution >= 4 is 27.8 Å². The highest BCUT2D eigenvalue weighted by Crippen LogP contribution is 2.29. The first kappa shape index (κ1) is 15.0. The zero-order valence-electron chi connectivity index (χ0n) is 11.1. The number of amides is 1. The van der Waals surface area contributed by atoms with Gasteiger partial charge >= 0.3 is 5.97 Å². The van der Waals surface area contributed by atoms with Gasteiger partial charge in [-0.15, -0.1) is 0 Å². The van der Waals surface area contributed by atoms with Crippen LogP contribution in [0.2, 0.25) is 0 Å². The molecule has 0 aromatic heterocycles. The van der Waals surface area contributed by atoms with E-state index in [1.165, 1.54) is 0 Å². The zero-order chi connectivity index (χ0) is 14.5. The van der Waals surface area contributed by atoms with Crippen LogP contribution in [-0.2, 0) is 16.1 Å². The van der Waals surface area contributed by atoms with Gasteiger partial charge < -0.3 is 10.4 Å². The molecule has 0 saturated heterocycles. The summed E-state index contributed by atoms with van der Waals surface area (Å²) in [6.45, 7) is 0.479. The van der Waals surface area contributed by atoms with Gasteiger partial charge in [-0.05, 0) is 37.0 Å². The number of carbonyl (C=O) groups is 2. The third-order valence-corrected chi connectivity index (χ3v) is 4.24. The molecule has 108 valence electrons. The van der Waals surface area contributed by atoms with Gasteiger partial charge in [0, 0.05) is 16.9 Å². The number of benzene rings is 1. The molecule has 0 aliphatic heterocycles. The van der Waals surface area contributed by atoms with E-state index in [0.717, 1.165) is 22.9 Å². The van der Waals surface area contributed by atoms with Crippen LogP contribution in [0.1, 0.15) is 31.2 Å². The summed E-state index contributed by atoms with van der Waals surface area (Å²) in [5.41, 5.74) is 1.03. The average molecular weight is 340 g/mol. The Labute approximate surface area is 126 Å². The first-order chi connectivity index (χ1) is 9.56. The second-order valence-corrected chi connectivity index (χ2v) is 6.16. The number of hydrogen-bond acceptors (Lipinski definition) is 2. The molecule has 1 amide bonds. The molecule has 1 aromatic rings. The fourth-order valence-corrected chi connectivity index (χ4v) is 3.08. The predicted molar refractivity (Wildman–Crippen MR) is 79.1 cm³/mol. The average Bonchev–Trinajstić information content (AvgIpc) is 2.45. The Hall–Kier alpha value is -1.36. The Bertz CT molecular complexity index is 504. The van der Waals surface area contributed by atoms with E-state index in [0.29, 0.717) is 19.4 Å². The van der Waals surface area contributed by atoms with Crippen molar-refractivity contribution in [1.82, 2.24) is 5.32 Å². The fraction of sp³-hybridized carbons (Fsp3) is 0.467. The summed E-state index contributed by atoms with van der Waals surface area (Å²) in [4.78, 5) is 23.1. The van der Waals surface area contributed by atoms with E-state index in [2.05, 4.69) is 21.2 Å². The van der Waals surface area contributed by atoms with Crippen molar-refractivity contribution in [2.75, 3.05) is 0 Å². The highest BCUT2D eigenvalue weighted by atomic mass is 79.9. The molecule has 20 heavy (non-hydrogen) atoms. The van der Waals surface area contributed by atoms with Crippen molar-refractivity contribution < 1.29 is 14.7 Å². The second kappa shape index (κ2) is 6.88. The molecule has 4 nitrogen and oxygen atoms in total. The van der Waals surface area contributed by atoms with Crippen LogP contribution in [0.3, 0.4) is 0 Å². The van der Waals surface area contributed by atoms with Gasteiger partial charge in [0.2, 0.25) is 5.91 Å². The van der Waals surface area contributed by atoms with Crippen LogP contribution >= 0.6 is 15.9 Å². The van der Waals surface area contributed by atoms with Gasteiger partial charge in [-0.2, -0.15) is 0 Å². The summed E-state index contributed by atoms with van der Waals surface area (Å²) in [6.07, 6.45) is 2.74. The molecular formula is C15H18BrNO3. The molecule has 0 spiro atoms. The van der Waals surface area contributed by atoms with Crippen LogP contribution in [-0.4, -0.2) is 17.0 Å². The lowest BCUT2D eigenvalue weighted by Gasteiger charge is -2.25. The van der Waals surface area contributed by atoms with E-state index >= 15 is 0 Å². The second-order valence-electron chi connectivity index (χ2n) is 5.25. The minimum atomic E-state index is -0.783. The maximum absolute atomic E-state index is 12.1. The lowest BCUT2D eigenvalue weighted by atomic mass is 9.81. The molecule has 1 aliphatic rings. The summed E-state index contributed by atoms with van der Waals surface area (Å²) in [5.74, 6) is -1.35. The van der Waals surface area contributed by atoms with Crippen LogP contribution in [0.15, 0.2) is 28.7 Å². The molecule has 1 fully saturated rings. The third-order valence-electron chi connectivity index (χ3n) is 3.75. The van der Waals surface area contributed by atoms with E-state index in [4.69, 9.17) is 5.11 Å². The SMILES string of the molecule is O=C(O)[C@H]1CCC[C@@H](C(=O)NCc2cccc(Br)c2)C1. The Morgan fingerprint density at radius 3 is 2.75 bits per heavy atom. The Morgan fingerprint density at radius 2 is 2.05 bits per heavy atom. The lowest BCUT2D eigenvalue weighted by molar-refractivity contribution is -0.144. The van der Waals surface area contributed by atoms with E-state index in [1.807, 2.05) is 24.3 Å². The summed E-state index contributed by atoms with van der Waals surface area (Å²) in [5, 5.41) is 11.9. The topological polar surface area (TPSA) is 66.4 Å². The molecule has 0 radical (unpaired) electrons. The number of nitrogens with one attached hydrogen (secondary N) is 1. The van der Waals surface area contributed by atoms with E-state index in [1.54, 1.807) is 0 Å². The lowest BCUT2D eigenvalue weighted by Crippen LogP contribution is -2.35. The van der Waals surface area contributed by atoms with Gasteiger partial charge in [0.05, 0.1) is 5.92 Å². The van der Waals surface area contributed by atoms with Crippen molar-refractivity contribution in [3.8, 4) is 0 Å². The number of hydrogen-bond donors (Lipinski definition) is 2. The standard InChI is InChI=1S/C15H18BrNO3/c16-13-6-1-3-10(7-13)9-17-14(18)11-4-2-5-12(8-11)15(19)20/h1,3,6-7,11-12H,2,4-5,8-9H2,(H,17,18)(H,19,20)/t11-,12+/m1/s1. The maximum Gasteiger partial charge on any atom is 0.306 e. The summed E-state index contributed by atoms with van der Waals surface area (Å²) in [7, 11) is 0. The van der Waals surface area contributed by atoms with Gasteiger partial charge in [-0.25, -0.2) is 0 Å². The van der Waals surface area contributed by atoms with Crippen molar-refractivity contribution in [3.63, 3.8) is 0 Å². The van der Waals surface area contributed by atoms with Crippen LogP contribution in [0, 0.1) is 11.8 Å². The number of halogens is 1. The normalized spacial score (nSPS) is 22.2. The van der Waals surface area contributed by atoms with Crippen LogP contribution in [0.5, 0.6) is 0 Å². The molecule has 0 unspecified atom stereocenters.